The highest BCUT2D eigenvalue weighted by atomic mass is 32.2. The molecule has 0 spiro atoms. The number of carbonyl (C=O) groups excluding carboxylic acids is 1. The molecule has 1 aromatic heterocycles. The molecule has 0 saturated carbocycles. The highest BCUT2D eigenvalue weighted by Crippen LogP contribution is 2.33. The van der Waals surface area contributed by atoms with Crippen molar-refractivity contribution in [2.75, 3.05) is 20.0 Å². The lowest BCUT2D eigenvalue weighted by molar-refractivity contribution is -0.115. The Morgan fingerprint density at radius 3 is 2.46 bits per heavy atom. The van der Waals surface area contributed by atoms with Crippen LogP contribution in [0.25, 0.3) is 17.1 Å². The Bertz CT molecular complexity index is 909. The second kappa shape index (κ2) is 7.92. The lowest BCUT2D eigenvalue weighted by atomic mass is 10.2. The molecule has 2 aromatic carbocycles. The number of nitrogens with two attached hydrogens (primary N) is 1. The lowest BCUT2D eigenvalue weighted by Gasteiger charge is -2.12. The van der Waals surface area contributed by atoms with Crippen LogP contribution >= 0.6 is 11.8 Å². The quantitative estimate of drug-likeness (QED) is 0.643. The van der Waals surface area contributed by atoms with E-state index in [1.54, 1.807) is 14.2 Å². The molecule has 0 radical (unpaired) electrons. The van der Waals surface area contributed by atoms with E-state index in [0.717, 1.165) is 17.0 Å². The van der Waals surface area contributed by atoms with Gasteiger partial charge in [0.05, 0.1) is 31.2 Å². The fourth-order valence-electron chi connectivity index (χ4n) is 2.47. The van der Waals surface area contributed by atoms with Gasteiger partial charge in [0.1, 0.15) is 11.5 Å². The summed E-state index contributed by atoms with van der Waals surface area (Å²) < 4.78 is 12.5. The Labute approximate surface area is 155 Å². The van der Waals surface area contributed by atoms with Crippen LogP contribution in [0, 0.1) is 0 Å². The number of ether oxygens (including phenoxy) is 2. The number of nitrogens with zero attached hydrogens (tertiary/aromatic N) is 3. The number of methoxy groups -OCH3 is 2. The minimum Gasteiger partial charge on any atom is -0.497 e. The van der Waals surface area contributed by atoms with Crippen LogP contribution in [0.2, 0.25) is 0 Å². The van der Waals surface area contributed by atoms with E-state index in [2.05, 4.69) is 10.2 Å². The predicted molar refractivity (Wildman–Crippen MR) is 99.8 cm³/mol. The van der Waals surface area contributed by atoms with Gasteiger partial charge in [-0.25, -0.2) is 0 Å². The van der Waals surface area contributed by atoms with Crippen molar-refractivity contribution in [1.29, 1.82) is 0 Å². The van der Waals surface area contributed by atoms with Crippen LogP contribution in [0.15, 0.2) is 53.7 Å². The molecule has 8 heteroatoms. The zero-order chi connectivity index (χ0) is 18.5. The average molecular weight is 370 g/mol. The van der Waals surface area contributed by atoms with Gasteiger partial charge in [0, 0.05) is 0 Å². The third-order valence-corrected chi connectivity index (χ3v) is 4.61. The number of hydrogen-bond acceptors (Lipinski definition) is 6. The maximum absolute atomic E-state index is 11.2. The van der Waals surface area contributed by atoms with Gasteiger partial charge in [0.2, 0.25) is 5.91 Å². The van der Waals surface area contributed by atoms with Crippen LogP contribution < -0.4 is 15.2 Å². The van der Waals surface area contributed by atoms with Gasteiger partial charge in [-0.3, -0.25) is 9.36 Å². The van der Waals surface area contributed by atoms with Crippen LogP contribution in [0.1, 0.15) is 0 Å². The van der Waals surface area contributed by atoms with E-state index in [1.807, 2.05) is 53.1 Å². The number of amides is 1. The highest BCUT2D eigenvalue weighted by molar-refractivity contribution is 7.99. The molecule has 0 bridgehead atoms. The molecule has 0 unspecified atom stereocenters. The SMILES string of the molecule is COc1ccc(-n2c(SCC(N)=O)nnc2-c2ccccc2OC)cc1. The summed E-state index contributed by atoms with van der Waals surface area (Å²) in [5, 5.41) is 9.13. The number of para-hydroxylation sites is 1. The summed E-state index contributed by atoms with van der Waals surface area (Å²) in [5.74, 6) is 1.73. The van der Waals surface area contributed by atoms with Gasteiger partial charge in [0.15, 0.2) is 11.0 Å². The highest BCUT2D eigenvalue weighted by Gasteiger charge is 2.19. The van der Waals surface area contributed by atoms with Gasteiger partial charge < -0.3 is 15.2 Å². The molecule has 26 heavy (non-hydrogen) atoms. The molecule has 3 aromatic rings. The van der Waals surface area contributed by atoms with E-state index in [0.29, 0.717) is 16.7 Å². The van der Waals surface area contributed by atoms with Gasteiger partial charge in [-0.05, 0) is 36.4 Å². The van der Waals surface area contributed by atoms with Crippen molar-refractivity contribution in [1.82, 2.24) is 14.8 Å². The predicted octanol–water partition coefficient (Wildman–Crippen LogP) is 2.53. The van der Waals surface area contributed by atoms with Gasteiger partial charge in [-0.15, -0.1) is 10.2 Å². The fourth-order valence-corrected chi connectivity index (χ4v) is 3.16. The summed E-state index contributed by atoms with van der Waals surface area (Å²) in [6, 6.07) is 15.1. The van der Waals surface area contributed by atoms with Crippen molar-refractivity contribution < 1.29 is 14.3 Å². The monoisotopic (exact) mass is 370 g/mol. The number of hydrogen-bond donors (Lipinski definition) is 1. The summed E-state index contributed by atoms with van der Waals surface area (Å²) in [5.41, 5.74) is 6.91. The van der Waals surface area contributed by atoms with E-state index < -0.39 is 5.91 Å². The van der Waals surface area contributed by atoms with E-state index in [1.165, 1.54) is 11.8 Å². The third kappa shape index (κ3) is 3.65. The first kappa shape index (κ1) is 17.8. The summed E-state index contributed by atoms with van der Waals surface area (Å²) in [4.78, 5) is 11.2. The van der Waals surface area contributed by atoms with Crippen molar-refractivity contribution >= 4 is 17.7 Å². The molecule has 2 N–H and O–H groups in total. The maximum Gasteiger partial charge on any atom is 0.227 e. The largest absolute Gasteiger partial charge is 0.497 e. The molecule has 0 saturated heterocycles. The normalized spacial score (nSPS) is 10.5. The van der Waals surface area contributed by atoms with Crippen LogP contribution in [0.3, 0.4) is 0 Å². The molecule has 134 valence electrons. The van der Waals surface area contributed by atoms with Crippen molar-refractivity contribution in [3.05, 3.63) is 48.5 Å². The second-order valence-corrected chi connectivity index (χ2v) is 6.24. The standard InChI is InChI=1S/C18H18N4O3S/c1-24-13-9-7-12(8-10-13)22-17(14-5-3-4-6-15(14)25-2)20-21-18(22)26-11-16(19)23/h3-10H,11H2,1-2H3,(H2,19,23). The molecule has 0 aliphatic heterocycles. The topological polar surface area (TPSA) is 92.3 Å². The molecular formula is C18H18N4O3S. The zero-order valence-electron chi connectivity index (χ0n) is 14.4. The minimum atomic E-state index is -0.418. The van der Waals surface area contributed by atoms with Crippen molar-refractivity contribution in [2.45, 2.75) is 5.16 Å². The molecule has 0 aliphatic carbocycles. The Kier molecular flexibility index (Phi) is 5.43. The Morgan fingerprint density at radius 1 is 1.08 bits per heavy atom. The molecule has 3 rings (SSSR count). The van der Waals surface area contributed by atoms with Crippen molar-refractivity contribution in [3.8, 4) is 28.6 Å². The number of rotatable bonds is 7. The Hall–Kier alpha value is -3.00. The average Bonchev–Trinajstić information content (AvgIpc) is 3.10. The molecule has 7 nitrogen and oxygen atoms in total. The van der Waals surface area contributed by atoms with Gasteiger partial charge >= 0.3 is 0 Å². The third-order valence-electron chi connectivity index (χ3n) is 3.66. The Morgan fingerprint density at radius 2 is 1.81 bits per heavy atom. The molecule has 0 aliphatic rings. The fraction of sp³-hybridized carbons (Fsp3) is 0.167. The maximum atomic E-state index is 11.2. The van der Waals surface area contributed by atoms with Gasteiger partial charge in [-0.2, -0.15) is 0 Å². The molecule has 1 heterocycles. The smallest absolute Gasteiger partial charge is 0.227 e. The summed E-state index contributed by atoms with van der Waals surface area (Å²) in [6.07, 6.45) is 0. The van der Waals surface area contributed by atoms with Crippen LogP contribution in [-0.2, 0) is 4.79 Å². The van der Waals surface area contributed by atoms with E-state index >= 15 is 0 Å². The number of thioether (sulfide) groups is 1. The number of benzene rings is 2. The molecule has 1 amide bonds. The van der Waals surface area contributed by atoms with Crippen LogP contribution in [0.5, 0.6) is 11.5 Å². The second-order valence-electron chi connectivity index (χ2n) is 5.29. The number of carbonyl (C=O) groups is 1. The molecule has 0 fully saturated rings. The zero-order valence-corrected chi connectivity index (χ0v) is 15.2. The first-order chi connectivity index (χ1) is 12.6. The summed E-state index contributed by atoms with van der Waals surface area (Å²) in [6.45, 7) is 0. The van der Waals surface area contributed by atoms with Crippen LogP contribution in [-0.4, -0.2) is 40.6 Å². The summed E-state index contributed by atoms with van der Waals surface area (Å²) >= 11 is 1.23. The lowest BCUT2D eigenvalue weighted by Crippen LogP contribution is -2.13. The van der Waals surface area contributed by atoms with E-state index in [9.17, 15) is 4.79 Å². The van der Waals surface area contributed by atoms with E-state index in [4.69, 9.17) is 15.2 Å². The molecule has 0 atom stereocenters. The van der Waals surface area contributed by atoms with Crippen molar-refractivity contribution in [2.24, 2.45) is 5.73 Å². The summed E-state index contributed by atoms with van der Waals surface area (Å²) in [7, 11) is 3.22. The Balaban J connectivity index is 2.13. The first-order valence-corrected chi connectivity index (χ1v) is 8.77. The van der Waals surface area contributed by atoms with E-state index in [-0.39, 0.29) is 5.75 Å². The van der Waals surface area contributed by atoms with Gasteiger partial charge in [0.25, 0.3) is 0 Å². The van der Waals surface area contributed by atoms with Crippen molar-refractivity contribution in [3.63, 3.8) is 0 Å². The van der Waals surface area contributed by atoms with Crippen LogP contribution in [0.4, 0.5) is 0 Å². The van der Waals surface area contributed by atoms with Gasteiger partial charge in [-0.1, -0.05) is 23.9 Å². The number of aromatic nitrogens is 3. The molecular weight excluding hydrogens is 352 g/mol. The minimum absolute atomic E-state index is 0.111. The number of primary amides is 1. The first-order valence-electron chi connectivity index (χ1n) is 7.78.